The molecular formula is C17H24N4O4. The van der Waals surface area contributed by atoms with E-state index in [4.69, 9.17) is 9.47 Å². The van der Waals surface area contributed by atoms with Gasteiger partial charge in [-0.1, -0.05) is 12.1 Å². The molecule has 0 saturated carbocycles. The number of aliphatic hydroxyl groups is 1. The SMILES string of the molecule is COc1ccc(COC[C@H](O)CNC(=O)NCCn2ccnc2)cc1. The molecule has 1 aromatic carbocycles. The molecule has 0 aliphatic rings. The van der Waals surface area contributed by atoms with Gasteiger partial charge in [0.15, 0.2) is 0 Å². The fourth-order valence-corrected chi connectivity index (χ4v) is 2.08. The van der Waals surface area contributed by atoms with E-state index in [9.17, 15) is 9.90 Å². The predicted octanol–water partition coefficient (Wildman–Crippen LogP) is 0.769. The van der Waals surface area contributed by atoms with Crippen molar-refractivity contribution < 1.29 is 19.4 Å². The number of nitrogens with one attached hydrogen (secondary N) is 2. The molecule has 0 aliphatic carbocycles. The summed E-state index contributed by atoms with van der Waals surface area (Å²) in [6.45, 7) is 1.77. The van der Waals surface area contributed by atoms with Crippen molar-refractivity contribution in [2.24, 2.45) is 0 Å². The highest BCUT2D eigenvalue weighted by Crippen LogP contribution is 2.11. The number of hydrogen-bond acceptors (Lipinski definition) is 5. The van der Waals surface area contributed by atoms with Crippen molar-refractivity contribution >= 4 is 6.03 Å². The van der Waals surface area contributed by atoms with E-state index in [1.54, 1.807) is 19.6 Å². The lowest BCUT2D eigenvalue weighted by Crippen LogP contribution is -2.41. The Morgan fingerprint density at radius 1 is 1.32 bits per heavy atom. The van der Waals surface area contributed by atoms with Gasteiger partial charge in [0.25, 0.3) is 0 Å². The lowest BCUT2D eigenvalue weighted by atomic mass is 10.2. The Balaban J connectivity index is 1.53. The van der Waals surface area contributed by atoms with Gasteiger partial charge >= 0.3 is 6.03 Å². The second-order valence-electron chi connectivity index (χ2n) is 5.45. The van der Waals surface area contributed by atoms with E-state index in [1.165, 1.54) is 0 Å². The number of aromatic nitrogens is 2. The van der Waals surface area contributed by atoms with Gasteiger partial charge in [-0.3, -0.25) is 0 Å². The molecule has 0 unspecified atom stereocenters. The van der Waals surface area contributed by atoms with E-state index in [2.05, 4.69) is 15.6 Å². The van der Waals surface area contributed by atoms with E-state index in [0.717, 1.165) is 11.3 Å². The fourth-order valence-electron chi connectivity index (χ4n) is 2.08. The molecule has 3 N–H and O–H groups in total. The molecule has 8 heteroatoms. The molecule has 1 aromatic heterocycles. The molecule has 1 atom stereocenters. The van der Waals surface area contributed by atoms with Crippen LogP contribution in [0.3, 0.4) is 0 Å². The van der Waals surface area contributed by atoms with Gasteiger partial charge in [0, 0.05) is 32.0 Å². The van der Waals surface area contributed by atoms with Crippen molar-refractivity contribution in [2.75, 3.05) is 26.8 Å². The Labute approximate surface area is 146 Å². The number of nitrogens with zero attached hydrogens (tertiary/aromatic N) is 2. The van der Waals surface area contributed by atoms with Gasteiger partial charge in [-0.05, 0) is 17.7 Å². The van der Waals surface area contributed by atoms with Crippen molar-refractivity contribution in [1.82, 2.24) is 20.2 Å². The minimum absolute atomic E-state index is 0.125. The smallest absolute Gasteiger partial charge is 0.314 e. The number of urea groups is 1. The molecule has 1 heterocycles. The molecule has 2 amide bonds. The molecule has 136 valence electrons. The maximum absolute atomic E-state index is 11.6. The van der Waals surface area contributed by atoms with Crippen LogP contribution in [-0.2, 0) is 17.9 Å². The van der Waals surface area contributed by atoms with Crippen molar-refractivity contribution in [1.29, 1.82) is 0 Å². The molecule has 2 rings (SSSR count). The number of amides is 2. The van der Waals surface area contributed by atoms with Crippen LogP contribution in [-0.4, -0.2) is 53.6 Å². The summed E-state index contributed by atoms with van der Waals surface area (Å²) in [5.41, 5.74) is 0.984. The zero-order valence-electron chi connectivity index (χ0n) is 14.2. The third kappa shape index (κ3) is 7.23. The number of carbonyl (C=O) groups excluding carboxylic acids is 1. The molecule has 0 bridgehead atoms. The van der Waals surface area contributed by atoms with Crippen LogP contribution in [0.25, 0.3) is 0 Å². The number of carbonyl (C=O) groups is 1. The van der Waals surface area contributed by atoms with Gasteiger partial charge < -0.3 is 29.8 Å². The first-order chi connectivity index (χ1) is 12.2. The molecule has 0 radical (unpaired) electrons. The van der Waals surface area contributed by atoms with E-state index in [1.807, 2.05) is 35.0 Å². The number of hydrogen-bond donors (Lipinski definition) is 3. The lowest BCUT2D eigenvalue weighted by Gasteiger charge is -2.13. The third-order valence-corrected chi connectivity index (χ3v) is 3.45. The average molecular weight is 348 g/mol. The Kier molecular flexibility index (Phi) is 7.74. The Morgan fingerprint density at radius 3 is 2.80 bits per heavy atom. The van der Waals surface area contributed by atoms with Gasteiger partial charge in [0.1, 0.15) is 5.75 Å². The largest absolute Gasteiger partial charge is 0.497 e. The van der Waals surface area contributed by atoms with Crippen LogP contribution < -0.4 is 15.4 Å². The van der Waals surface area contributed by atoms with E-state index < -0.39 is 6.10 Å². The molecule has 0 aliphatic heterocycles. The maximum Gasteiger partial charge on any atom is 0.314 e. The van der Waals surface area contributed by atoms with Crippen molar-refractivity contribution in [2.45, 2.75) is 19.3 Å². The number of rotatable bonds is 10. The van der Waals surface area contributed by atoms with E-state index in [-0.39, 0.29) is 19.2 Å². The summed E-state index contributed by atoms with van der Waals surface area (Å²) in [4.78, 5) is 15.5. The predicted molar refractivity (Wildman–Crippen MR) is 92.3 cm³/mol. The highest BCUT2D eigenvalue weighted by molar-refractivity contribution is 5.73. The quantitative estimate of drug-likeness (QED) is 0.589. The summed E-state index contributed by atoms with van der Waals surface area (Å²) in [7, 11) is 1.61. The molecular weight excluding hydrogens is 324 g/mol. The summed E-state index contributed by atoms with van der Waals surface area (Å²) in [6, 6.07) is 7.18. The Bertz CT molecular complexity index is 616. The topological polar surface area (TPSA) is 97.6 Å². The summed E-state index contributed by atoms with van der Waals surface area (Å²) >= 11 is 0. The highest BCUT2D eigenvalue weighted by atomic mass is 16.5. The van der Waals surface area contributed by atoms with Crippen LogP contribution >= 0.6 is 0 Å². The first-order valence-electron chi connectivity index (χ1n) is 8.03. The van der Waals surface area contributed by atoms with Crippen LogP contribution in [0.5, 0.6) is 5.75 Å². The Hall–Kier alpha value is -2.58. The molecule has 25 heavy (non-hydrogen) atoms. The number of methoxy groups -OCH3 is 1. The van der Waals surface area contributed by atoms with Crippen molar-refractivity contribution in [3.63, 3.8) is 0 Å². The van der Waals surface area contributed by atoms with Crippen molar-refractivity contribution in [3.8, 4) is 5.75 Å². The average Bonchev–Trinajstić information content (AvgIpc) is 3.14. The second kappa shape index (κ2) is 10.3. The lowest BCUT2D eigenvalue weighted by molar-refractivity contribution is 0.0300. The number of aliphatic hydroxyl groups excluding tert-OH is 1. The second-order valence-corrected chi connectivity index (χ2v) is 5.45. The summed E-state index contributed by atoms with van der Waals surface area (Å²) in [5, 5.41) is 15.1. The van der Waals surface area contributed by atoms with Crippen LogP contribution in [0.4, 0.5) is 4.79 Å². The van der Waals surface area contributed by atoms with E-state index in [0.29, 0.717) is 19.7 Å². The standard InChI is InChI=1S/C17H24N4O4/c1-24-16-4-2-14(3-5-16)11-25-12-15(22)10-20-17(23)19-7-9-21-8-6-18-13-21/h2-6,8,13,15,22H,7,9-12H2,1H3,(H2,19,20,23)/t15-/m1/s1. The molecule has 8 nitrogen and oxygen atoms in total. The molecule has 2 aromatic rings. The highest BCUT2D eigenvalue weighted by Gasteiger charge is 2.07. The normalized spacial score (nSPS) is 11.8. The zero-order valence-corrected chi connectivity index (χ0v) is 14.2. The van der Waals surface area contributed by atoms with Gasteiger partial charge in [0.2, 0.25) is 0 Å². The summed E-state index contributed by atoms with van der Waals surface area (Å²) in [6.07, 6.45) is 4.42. The monoisotopic (exact) mass is 348 g/mol. The van der Waals surface area contributed by atoms with E-state index >= 15 is 0 Å². The summed E-state index contributed by atoms with van der Waals surface area (Å²) in [5.74, 6) is 0.784. The number of ether oxygens (including phenoxy) is 2. The van der Waals surface area contributed by atoms with Crippen LogP contribution in [0.1, 0.15) is 5.56 Å². The molecule has 0 spiro atoms. The zero-order chi connectivity index (χ0) is 17.9. The van der Waals surface area contributed by atoms with Crippen LogP contribution in [0, 0.1) is 0 Å². The first kappa shape index (κ1) is 18.8. The van der Waals surface area contributed by atoms with Gasteiger partial charge in [-0.2, -0.15) is 0 Å². The van der Waals surface area contributed by atoms with Crippen LogP contribution in [0.2, 0.25) is 0 Å². The molecule has 0 fully saturated rings. The summed E-state index contributed by atoms with van der Waals surface area (Å²) < 4.78 is 12.4. The van der Waals surface area contributed by atoms with Gasteiger partial charge in [-0.25, -0.2) is 9.78 Å². The third-order valence-electron chi connectivity index (χ3n) is 3.45. The van der Waals surface area contributed by atoms with Crippen molar-refractivity contribution in [3.05, 3.63) is 48.5 Å². The van der Waals surface area contributed by atoms with Crippen LogP contribution in [0.15, 0.2) is 43.0 Å². The minimum atomic E-state index is -0.766. The first-order valence-corrected chi connectivity index (χ1v) is 8.03. The Morgan fingerprint density at radius 2 is 2.12 bits per heavy atom. The van der Waals surface area contributed by atoms with Gasteiger partial charge in [0.05, 0.1) is 32.8 Å². The maximum atomic E-state index is 11.6. The minimum Gasteiger partial charge on any atom is -0.497 e. The fraction of sp³-hybridized carbons (Fsp3) is 0.412. The number of benzene rings is 1. The molecule has 0 saturated heterocycles. The van der Waals surface area contributed by atoms with Gasteiger partial charge in [-0.15, -0.1) is 0 Å². The number of imidazole rings is 1.